The summed E-state index contributed by atoms with van der Waals surface area (Å²) in [6, 6.07) is 24.5. The van der Waals surface area contributed by atoms with Gasteiger partial charge in [0.2, 0.25) is 0 Å². The van der Waals surface area contributed by atoms with Gasteiger partial charge in [-0.05, 0) is 72.0 Å². The average Bonchev–Trinajstić information content (AvgIpc) is 3.20. The van der Waals surface area contributed by atoms with Gasteiger partial charge in [0, 0.05) is 37.9 Å². The van der Waals surface area contributed by atoms with Crippen molar-refractivity contribution in [2.75, 3.05) is 31.1 Å². The summed E-state index contributed by atoms with van der Waals surface area (Å²) in [6.45, 7) is 4.59. The molecule has 2 aliphatic rings. The SMILES string of the molecule is O=C(On1nnc2ccccc21)c1ccc(-c2ccc(N3CCCN(C4CCCCC4)CC3)cc2)cc1. The highest BCUT2D eigenvalue weighted by Crippen LogP contribution is 2.27. The largest absolute Gasteiger partial charge is 0.370 e. The number of fused-ring (bicyclic) bond motifs is 1. The zero-order valence-electron chi connectivity index (χ0n) is 21.1. The number of carbonyl (C=O) groups excluding carboxylic acids is 1. The van der Waals surface area contributed by atoms with Crippen molar-refractivity contribution in [3.8, 4) is 11.1 Å². The minimum absolute atomic E-state index is 0.465. The highest BCUT2D eigenvalue weighted by atomic mass is 16.7. The Bertz CT molecular complexity index is 1340. The van der Waals surface area contributed by atoms with Crippen molar-refractivity contribution < 1.29 is 9.63 Å². The third-order valence-electron chi connectivity index (χ3n) is 7.80. The maximum Gasteiger partial charge on any atom is 0.365 e. The first-order valence-corrected chi connectivity index (χ1v) is 13.5. The molecule has 7 heteroatoms. The molecule has 0 radical (unpaired) electrons. The van der Waals surface area contributed by atoms with Crippen molar-refractivity contribution in [3.63, 3.8) is 0 Å². The quantitative estimate of drug-likeness (QED) is 0.354. The number of aromatic nitrogens is 3. The fourth-order valence-corrected chi connectivity index (χ4v) is 5.72. The van der Waals surface area contributed by atoms with Gasteiger partial charge >= 0.3 is 5.97 Å². The standard InChI is InChI=1S/C30H33N5O2/c36-30(37-35-29-10-5-4-9-28(29)31-32-35)25-13-11-23(12-14-25)24-15-17-27(18-16-24)34-20-6-19-33(21-22-34)26-7-2-1-3-8-26/h4-5,9-18,26H,1-3,6-8,19-22H2. The highest BCUT2D eigenvalue weighted by Gasteiger charge is 2.23. The molecule has 0 unspecified atom stereocenters. The van der Waals surface area contributed by atoms with E-state index in [-0.39, 0.29) is 0 Å². The Morgan fingerprint density at radius 3 is 2.27 bits per heavy atom. The van der Waals surface area contributed by atoms with E-state index in [1.807, 2.05) is 36.4 Å². The zero-order valence-corrected chi connectivity index (χ0v) is 21.1. The van der Waals surface area contributed by atoms with Crippen LogP contribution in [-0.2, 0) is 0 Å². The van der Waals surface area contributed by atoms with E-state index in [0.717, 1.165) is 36.8 Å². The molecule has 1 saturated carbocycles. The minimum atomic E-state index is -0.471. The van der Waals surface area contributed by atoms with Crippen molar-refractivity contribution in [2.24, 2.45) is 0 Å². The molecule has 7 nitrogen and oxygen atoms in total. The Morgan fingerprint density at radius 2 is 1.49 bits per heavy atom. The van der Waals surface area contributed by atoms with Crippen molar-refractivity contribution in [1.29, 1.82) is 0 Å². The summed E-state index contributed by atoms with van der Waals surface area (Å²) in [6.07, 6.45) is 8.18. The molecule has 37 heavy (non-hydrogen) atoms. The molecule has 4 aromatic rings. The third kappa shape index (κ3) is 5.23. The first-order chi connectivity index (χ1) is 18.2. The van der Waals surface area contributed by atoms with Gasteiger partial charge in [0.25, 0.3) is 0 Å². The van der Waals surface area contributed by atoms with Gasteiger partial charge in [-0.15, -0.1) is 5.10 Å². The van der Waals surface area contributed by atoms with Gasteiger partial charge < -0.3 is 9.74 Å². The Labute approximate surface area is 217 Å². The molecule has 0 amide bonds. The molecular formula is C30H33N5O2. The molecular weight excluding hydrogens is 462 g/mol. The topological polar surface area (TPSA) is 63.5 Å². The summed E-state index contributed by atoms with van der Waals surface area (Å²) in [5.74, 6) is -0.471. The molecule has 6 rings (SSSR count). The highest BCUT2D eigenvalue weighted by molar-refractivity contribution is 5.90. The number of carbonyl (C=O) groups is 1. The second-order valence-corrected chi connectivity index (χ2v) is 10.1. The lowest BCUT2D eigenvalue weighted by Crippen LogP contribution is -2.39. The van der Waals surface area contributed by atoms with Crippen molar-refractivity contribution in [3.05, 3.63) is 78.4 Å². The number of rotatable bonds is 5. The van der Waals surface area contributed by atoms with Crippen molar-refractivity contribution >= 4 is 22.7 Å². The van der Waals surface area contributed by atoms with Crippen LogP contribution in [0, 0.1) is 0 Å². The van der Waals surface area contributed by atoms with E-state index in [9.17, 15) is 4.79 Å². The van der Waals surface area contributed by atoms with Crippen LogP contribution in [0.15, 0.2) is 72.8 Å². The molecule has 0 N–H and O–H groups in total. The van der Waals surface area contributed by atoms with Crippen LogP contribution in [0.2, 0.25) is 0 Å². The summed E-state index contributed by atoms with van der Waals surface area (Å²) in [7, 11) is 0. The van der Waals surface area contributed by atoms with Crippen LogP contribution in [-0.4, -0.2) is 58.2 Å². The van der Waals surface area contributed by atoms with Gasteiger partial charge in [-0.1, -0.05) is 60.5 Å². The fraction of sp³-hybridized carbons (Fsp3) is 0.367. The lowest BCUT2D eigenvalue weighted by Gasteiger charge is -2.33. The van der Waals surface area contributed by atoms with Crippen LogP contribution in [0.5, 0.6) is 0 Å². The average molecular weight is 496 g/mol. The Morgan fingerprint density at radius 1 is 0.757 bits per heavy atom. The molecule has 0 bridgehead atoms. The Balaban J connectivity index is 1.08. The number of para-hydroxylation sites is 1. The van der Waals surface area contributed by atoms with Gasteiger partial charge in [0.1, 0.15) is 11.0 Å². The summed E-state index contributed by atoms with van der Waals surface area (Å²) >= 11 is 0. The van der Waals surface area contributed by atoms with Crippen LogP contribution in [0.4, 0.5) is 5.69 Å². The molecule has 1 saturated heterocycles. The van der Waals surface area contributed by atoms with Gasteiger partial charge in [0.05, 0.1) is 5.56 Å². The molecule has 1 aliphatic heterocycles. The van der Waals surface area contributed by atoms with E-state index in [1.165, 1.54) is 55.6 Å². The van der Waals surface area contributed by atoms with Crippen LogP contribution >= 0.6 is 0 Å². The second kappa shape index (κ2) is 10.7. The number of nitrogens with zero attached hydrogens (tertiary/aromatic N) is 5. The normalized spacial score (nSPS) is 17.6. The number of anilines is 1. The van der Waals surface area contributed by atoms with E-state index in [4.69, 9.17) is 4.84 Å². The van der Waals surface area contributed by atoms with Crippen molar-refractivity contribution in [1.82, 2.24) is 20.1 Å². The van der Waals surface area contributed by atoms with E-state index in [2.05, 4.69) is 44.4 Å². The number of benzene rings is 3. The van der Waals surface area contributed by atoms with Crippen LogP contribution in [0.1, 0.15) is 48.9 Å². The lowest BCUT2D eigenvalue weighted by atomic mass is 9.94. The van der Waals surface area contributed by atoms with E-state index < -0.39 is 5.97 Å². The first-order valence-electron chi connectivity index (χ1n) is 13.5. The lowest BCUT2D eigenvalue weighted by molar-refractivity contribution is 0.0409. The molecule has 190 valence electrons. The van der Waals surface area contributed by atoms with E-state index in [1.54, 1.807) is 12.1 Å². The van der Waals surface area contributed by atoms with Crippen molar-refractivity contribution in [2.45, 2.75) is 44.6 Å². The molecule has 1 aliphatic carbocycles. The summed E-state index contributed by atoms with van der Waals surface area (Å²) in [5.41, 5.74) is 5.27. The smallest absolute Gasteiger partial charge is 0.365 e. The molecule has 0 spiro atoms. The summed E-state index contributed by atoms with van der Waals surface area (Å²) < 4.78 is 0. The predicted octanol–water partition coefficient (Wildman–Crippen LogP) is 5.21. The van der Waals surface area contributed by atoms with Gasteiger partial charge in [-0.2, -0.15) is 0 Å². The number of hydrogen-bond donors (Lipinski definition) is 0. The fourth-order valence-electron chi connectivity index (χ4n) is 5.72. The molecule has 2 heterocycles. The first kappa shape index (κ1) is 23.7. The van der Waals surface area contributed by atoms with Crippen LogP contribution < -0.4 is 9.74 Å². The van der Waals surface area contributed by atoms with Crippen LogP contribution in [0.25, 0.3) is 22.2 Å². The van der Waals surface area contributed by atoms with Gasteiger partial charge in [0.15, 0.2) is 0 Å². The summed E-state index contributed by atoms with van der Waals surface area (Å²) in [4.78, 5) is 24.5. The number of hydrogen-bond acceptors (Lipinski definition) is 6. The maximum absolute atomic E-state index is 12.7. The Kier molecular flexibility index (Phi) is 6.86. The Hall–Kier alpha value is -3.71. The zero-order chi connectivity index (χ0) is 25.0. The van der Waals surface area contributed by atoms with E-state index >= 15 is 0 Å². The van der Waals surface area contributed by atoms with Crippen LogP contribution in [0.3, 0.4) is 0 Å². The summed E-state index contributed by atoms with van der Waals surface area (Å²) in [5, 5.41) is 7.94. The molecule has 3 aromatic carbocycles. The monoisotopic (exact) mass is 495 g/mol. The third-order valence-corrected chi connectivity index (χ3v) is 7.80. The minimum Gasteiger partial charge on any atom is -0.370 e. The molecule has 2 fully saturated rings. The second-order valence-electron chi connectivity index (χ2n) is 10.1. The predicted molar refractivity (Wildman–Crippen MR) is 146 cm³/mol. The van der Waals surface area contributed by atoms with Gasteiger partial charge in [-0.3, -0.25) is 4.90 Å². The maximum atomic E-state index is 12.7. The molecule has 1 aromatic heterocycles. The van der Waals surface area contributed by atoms with Gasteiger partial charge in [-0.25, -0.2) is 4.79 Å². The van der Waals surface area contributed by atoms with E-state index in [0.29, 0.717) is 16.6 Å². The molecule has 0 atom stereocenters.